The standard InChI is InChI=1S/C16H13BrClFO/c1-9-2-3-12(19)8-13(9)15(18)14-7-11(17)6-10-4-5-20-16(10)14/h2-3,6-8,15H,4-5H2,1H3. The molecule has 1 atom stereocenters. The van der Waals surface area contributed by atoms with Gasteiger partial charge >= 0.3 is 0 Å². The maximum atomic E-state index is 13.5. The number of hydrogen-bond acceptors (Lipinski definition) is 1. The van der Waals surface area contributed by atoms with Crippen molar-refractivity contribution in [1.82, 2.24) is 0 Å². The van der Waals surface area contributed by atoms with E-state index in [2.05, 4.69) is 15.9 Å². The van der Waals surface area contributed by atoms with Crippen LogP contribution < -0.4 is 4.74 Å². The van der Waals surface area contributed by atoms with E-state index < -0.39 is 5.38 Å². The van der Waals surface area contributed by atoms with Crippen molar-refractivity contribution in [1.29, 1.82) is 0 Å². The normalized spacial score (nSPS) is 14.8. The Hall–Kier alpha value is -1.06. The molecule has 0 bridgehead atoms. The van der Waals surface area contributed by atoms with E-state index in [-0.39, 0.29) is 5.82 Å². The second-order valence-corrected chi connectivity index (χ2v) is 6.30. The summed E-state index contributed by atoms with van der Waals surface area (Å²) in [5.41, 5.74) is 3.79. The van der Waals surface area contributed by atoms with Gasteiger partial charge in [-0.25, -0.2) is 4.39 Å². The summed E-state index contributed by atoms with van der Waals surface area (Å²) in [6, 6.07) is 8.69. The van der Waals surface area contributed by atoms with Gasteiger partial charge in [0.2, 0.25) is 0 Å². The van der Waals surface area contributed by atoms with Gasteiger partial charge in [-0.15, -0.1) is 11.6 Å². The van der Waals surface area contributed by atoms with Crippen LogP contribution in [-0.4, -0.2) is 6.61 Å². The van der Waals surface area contributed by atoms with Crippen LogP contribution in [0, 0.1) is 12.7 Å². The van der Waals surface area contributed by atoms with Crippen LogP contribution in [0.2, 0.25) is 0 Å². The van der Waals surface area contributed by atoms with Crippen molar-refractivity contribution in [2.75, 3.05) is 6.61 Å². The largest absolute Gasteiger partial charge is 0.493 e. The predicted molar refractivity (Wildman–Crippen MR) is 82.2 cm³/mol. The SMILES string of the molecule is Cc1ccc(F)cc1C(Cl)c1cc(Br)cc2c1OCC2. The molecule has 1 aliphatic heterocycles. The molecule has 0 aromatic heterocycles. The molecule has 4 heteroatoms. The van der Waals surface area contributed by atoms with Crippen molar-refractivity contribution in [2.45, 2.75) is 18.7 Å². The summed E-state index contributed by atoms with van der Waals surface area (Å²) in [5.74, 6) is 0.570. The van der Waals surface area contributed by atoms with Crippen molar-refractivity contribution in [3.05, 3.63) is 62.9 Å². The second kappa shape index (κ2) is 5.38. The first kappa shape index (κ1) is 13.9. The average molecular weight is 356 g/mol. The first-order valence-electron chi connectivity index (χ1n) is 6.41. The summed E-state index contributed by atoms with van der Waals surface area (Å²) < 4.78 is 20.1. The van der Waals surface area contributed by atoms with Gasteiger partial charge in [-0.2, -0.15) is 0 Å². The van der Waals surface area contributed by atoms with Gasteiger partial charge in [0, 0.05) is 16.5 Å². The van der Waals surface area contributed by atoms with E-state index in [1.54, 1.807) is 6.07 Å². The zero-order chi connectivity index (χ0) is 14.3. The molecular weight excluding hydrogens is 343 g/mol. The summed E-state index contributed by atoms with van der Waals surface area (Å²) >= 11 is 10.1. The molecule has 1 nitrogen and oxygen atoms in total. The van der Waals surface area contributed by atoms with Gasteiger partial charge in [0.1, 0.15) is 11.6 Å². The monoisotopic (exact) mass is 354 g/mol. The maximum absolute atomic E-state index is 13.5. The van der Waals surface area contributed by atoms with Gasteiger partial charge in [-0.05, 0) is 47.9 Å². The molecule has 2 aromatic rings. The lowest BCUT2D eigenvalue weighted by atomic mass is 9.97. The molecule has 0 aliphatic carbocycles. The third-order valence-corrected chi connectivity index (χ3v) is 4.49. The van der Waals surface area contributed by atoms with Crippen molar-refractivity contribution in [3.63, 3.8) is 0 Å². The van der Waals surface area contributed by atoms with E-state index in [4.69, 9.17) is 16.3 Å². The first-order valence-corrected chi connectivity index (χ1v) is 7.64. The quantitative estimate of drug-likeness (QED) is 0.676. The van der Waals surface area contributed by atoms with Gasteiger partial charge < -0.3 is 4.74 Å². The molecule has 0 saturated carbocycles. The van der Waals surface area contributed by atoms with Crippen LogP contribution in [0.3, 0.4) is 0 Å². The minimum atomic E-state index is -0.421. The lowest BCUT2D eigenvalue weighted by Crippen LogP contribution is -2.00. The summed E-state index contributed by atoms with van der Waals surface area (Å²) in [7, 11) is 0. The fourth-order valence-corrected chi connectivity index (χ4v) is 3.46. The Morgan fingerprint density at radius 1 is 1.25 bits per heavy atom. The highest BCUT2D eigenvalue weighted by atomic mass is 79.9. The molecule has 0 N–H and O–H groups in total. The minimum absolute atomic E-state index is 0.274. The number of benzene rings is 2. The molecular formula is C16H13BrClFO. The number of alkyl halides is 1. The molecule has 20 heavy (non-hydrogen) atoms. The molecule has 0 radical (unpaired) electrons. The Kier molecular flexibility index (Phi) is 3.74. The van der Waals surface area contributed by atoms with Crippen LogP contribution in [0.4, 0.5) is 4.39 Å². The Morgan fingerprint density at radius 2 is 2.05 bits per heavy atom. The van der Waals surface area contributed by atoms with Crippen LogP contribution in [0.25, 0.3) is 0 Å². The van der Waals surface area contributed by atoms with Gasteiger partial charge in [0.25, 0.3) is 0 Å². The summed E-state index contributed by atoms with van der Waals surface area (Å²) in [6.45, 7) is 2.60. The molecule has 104 valence electrons. The van der Waals surface area contributed by atoms with E-state index in [0.29, 0.717) is 6.61 Å². The zero-order valence-electron chi connectivity index (χ0n) is 10.9. The van der Waals surface area contributed by atoms with Crippen LogP contribution in [-0.2, 0) is 6.42 Å². The van der Waals surface area contributed by atoms with Crippen LogP contribution in [0.15, 0.2) is 34.8 Å². The van der Waals surface area contributed by atoms with Crippen molar-refractivity contribution >= 4 is 27.5 Å². The highest BCUT2D eigenvalue weighted by Crippen LogP contribution is 2.42. The molecule has 1 unspecified atom stereocenters. The van der Waals surface area contributed by atoms with Gasteiger partial charge in [0.05, 0.1) is 12.0 Å². The van der Waals surface area contributed by atoms with E-state index in [1.165, 1.54) is 12.1 Å². The Balaban J connectivity index is 2.11. The molecule has 1 heterocycles. The number of aryl methyl sites for hydroxylation is 1. The third-order valence-electron chi connectivity index (χ3n) is 3.56. The van der Waals surface area contributed by atoms with Gasteiger partial charge in [-0.3, -0.25) is 0 Å². The predicted octanol–water partition coefficient (Wildman–Crippen LogP) is 5.16. The number of fused-ring (bicyclic) bond motifs is 1. The van der Waals surface area contributed by atoms with Crippen molar-refractivity contribution in [2.24, 2.45) is 0 Å². The van der Waals surface area contributed by atoms with Crippen LogP contribution >= 0.6 is 27.5 Å². The molecule has 0 fully saturated rings. The van der Waals surface area contributed by atoms with Gasteiger partial charge in [0.15, 0.2) is 0 Å². The number of hydrogen-bond donors (Lipinski definition) is 0. The van der Waals surface area contributed by atoms with E-state index >= 15 is 0 Å². The number of rotatable bonds is 2. The smallest absolute Gasteiger partial charge is 0.127 e. The second-order valence-electron chi connectivity index (χ2n) is 4.95. The zero-order valence-corrected chi connectivity index (χ0v) is 13.3. The van der Waals surface area contributed by atoms with Crippen LogP contribution in [0.5, 0.6) is 5.75 Å². The highest BCUT2D eigenvalue weighted by Gasteiger charge is 2.24. The first-order chi connectivity index (χ1) is 9.56. The summed E-state index contributed by atoms with van der Waals surface area (Å²) in [6.07, 6.45) is 0.882. The Morgan fingerprint density at radius 3 is 2.85 bits per heavy atom. The molecule has 2 aromatic carbocycles. The van der Waals surface area contributed by atoms with E-state index in [9.17, 15) is 4.39 Å². The topological polar surface area (TPSA) is 9.23 Å². The average Bonchev–Trinajstić information content (AvgIpc) is 2.87. The molecule has 0 amide bonds. The summed E-state index contributed by atoms with van der Waals surface area (Å²) in [5, 5.41) is -0.421. The van der Waals surface area contributed by atoms with Crippen molar-refractivity contribution < 1.29 is 9.13 Å². The van der Waals surface area contributed by atoms with Crippen molar-refractivity contribution in [3.8, 4) is 5.75 Å². The molecule has 0 spiro atoms. The minimum Gasteiger partial charge on any atom is -0.493 e. The van der Waals surface area contributed by atoms with E-state index in [1.807, 2.05) is 19.1 Å². The summed E-state index contributed by atoms with van der Waals surface area (Å²) in [4.78, 5) is 0. The fraction of sp³-hybridized carbons (Fsp3) is 0.250. The van der Waals surface area contributed by atoms with Gasteiger partial charge in [-0.1, -0.05) is 22.0 Å². The van der Waals surface area contributed by atoms with Crippen LogP contribution in [0.1, 0.15) is 27.6 Å². The lowest BCUT2D eigenvalue weighted by Gasteiger charge is -2.17. The lowest BCUT2D eigenvalue weighted by molar-refractivity contribution is 0.353. The maximum Gasteiger partial charge on any atom is 0.127 e. The molecule has 3 rings (SSSR count). The fourth-order valence-electron chi connectivity index (χ4n) is 2.54. The number of halogens is 3. The Labute approximate surface area is 130 Å². The number of ether oxygens (including phenoxy) is 1. The third kappa shape index (κ3) is 2.45. The molecule has 0 saturated heterocycles. The molecule has 1 aliphatic rings. The highest BCUT2D eigenvalue weighted by molar-refractivity contribution is 9.10. The van der Waals surface area contributed by atoms with E-state index in [0.717, 1.165) is 38.9 Å². The Bertz CT molecular complexity index is 672.